The average Bonchev–Trinajstić information content (AvgIpc) is 2.68. The Kier molecular flexibility index (Phi) is 2.82. The number of nitrogen functional groups attached to an aromatic ring is 1. The average molecular weight is 231 g/mol. The Morgan fingerprint density at radius 1 is 1.47 bits per heavy atom. The maximum atomic E-state index is 10.5. The van der Waals surface area contributed by atoms with E-state index in [-0.39, 0.29) is 12.3 Å². The van der Waals surface area contributed by atoms with E-state index >= 15 is 0 Å². The largest absolute Gasteiger partial charge is 0.481 e. The Labute approximate surface area is 97.8 Å². The summed E-state index contributed by atoms with van der Waals surface area (Å²) >= 11 is 0. The fraction of sp³-hybridized carbons (Fsp3) is 0.167. The Morgan fingerprint density at radius 2 is 2.24 bits per heavy atom. The molecule has 5 nitrogen and oxygen atoms in total. The third-order valence-corrected chi connectivity index (χ3v) is 2.69. The van der Waals surface area contributed by atoms with Crippen molar-refractivity contribution in [1.29, 1.82) is 5.41 Å². The first kappa shape index (κ1) is 11.2. The van der Waals surface area contributed by atoms with Crippen LogP contribution < -0.4 is 5.73 Å². The lowest BCUT2D eigenvalue weighted by Gasteiger charge is -2.00. The van der Waals surface area contributed by atoms with Crippen molar-refractivity contribution < 1.29 is 9.90 Å². The highest BCUT2D eigenvalue weighted by Crippen LogP contribution is 2.21. The zero-order chi connectivity index (χ0) is 12.4. The molecule has 17 heavy (non-hydrogen) atoms. The maximum absolute atomic E-state index is 10.5. The van der Waals surface area contributed by atoms with Crippen molar-refractivity contribution in [3.05, 3.63) is 35.5 Å². The van der Waals surface area contributed by atoms with E-state index in [2.05, 4.69) is 4.98 Å². The summed E-state index contributed by atoms with van der Waals surface area (Å²) in [7, 11) is 0. The molecule has 88 valence electrons. The molecule has 5 heteroatoms. The standard InChI is InChI=1S/C12H13N3O2/c13-12(14)7-1-3-10-9(5-7)8(6-15-10)2-4-11(16)17/h1,3,5-6,15H,2,4H2,(H3,13,14)(H,16,17). The molecule has 0 saturated heterocycles. The molecular weight excluding hydrogens is 218 g/mol. The van der Waals surface area contributed by atoms with Crippen LogP contribution in [0.4, 0.5) is 0 Å². The maximum Gasteiger partial charge on any atom is 0.303 e. The van der Waals surface area contributed by atoms with Crippen LogP contribution in [0.2, 0.25) is 0 Å². The molecule has 5 N–H and O–H groups in total. The van der Waals surface area contributed by atoms with E-state index in [1.165, 1.54) is 0 Å². The van der Waals surface area contributed by atoms with E-state index < -0.39 is 5.97 Å². The molecule has 2 rings (SSSR count). The highest BCUT2D eigenvalue weighted by atomic mass is 16.4. The zero-order valence-corrected chi connectivity index (χ0v) is 9.16. The molecule has 0 aliphatic heterocycles. The number of H-pyrrole nitrogens is 1. The molecule has 0 aliphatic rings. The summed E-state index contributed by atoms with van der Waals surface area (Å²) in [6.07, 6.45) is 2.37. The summed E-state index contributed by atoms with van der Waals surface area (Å²) in [5.41, 5.74) is 7.93. The number of aryl methyl sites for hydroxylation is 1. The van der Waals surface area contributed by atoms with Gasteiger partial charge in [0.1, 0.15) is 5.84 Å². The molecule has 0 aliphatic carbocycles. The molecule has 1 heterocycles. The van der Waals surface area contributed by atoms with Gasteiger partial charge in [-0.2, -0.15) is 0 Å². The molecule has 1 aromatic heterocycles. The molecule has 0 bridgehead atoms. The summed E-state index contributed by atoms with van der Waals surface area (Å²) in [5, 5.41) is 17.0. The van der Waals surface area contributed by atoms with Gasteiger partial charge in [-0.15, -0.1) is 0 Å². The molecule has 0 saturated carbocycles. The Balaban J connectivity index is 2.39. The molecule has 2 aromatic rings. The first-order valence-electron chi connectivity index (χ1n) is 5.24. The van der Waals surface area contributed by atoms with Gasteiger partial charge in [0.2, 0.25) is 0 Å². The minimum absolute atomic E-state index is 0.0114. The van der Waals surface area contributed by atoms with E-state index in [9.17, 15) is 4.79 Å². The zero-order valence-electron chi connectivity index (χ0n) is 9.16. The molecule has 0 unspecified atom stereocenters. The summed E-state index contributed by atoms with van der Waals surface area (Å²) in [6, 6.07) is 5.42. The van der Waals surface area contributed by atoms with Gasteiger partial charge in [-0.25, -0.2) is 0 Å². The van der Waals surface area contributed by atoms with Crippen LogP contribution in [-0.4, -0.2) is 21.9 Å². The van der Waals surface area contributed by atoms with E-state index in [0.717, 1.165) is 16.5 Å². The molecule has 0 atom stereocenters. The number of aliphatic carboxylic acids is 1. The van der Waals surface area contributed by atoms with Gasteiger partial charge in [0.15, 0.2) is 0 Å². The number of carbonyl (C=O) groups is 1. The van der Waals surface area contributed by atoms with Crippen molar-refractivity contribution in [2.24, 2.45) is 5.73 Å². The molecule has 0 amide bonds. The highest BCUT2D eigenvalue weighted by Gasteiger charge is 2.07. The normalized spacial score (nSPS) is 10.6. The minimum atomic E-state index is -0.818. The van der Waals surface area contributed by atoms with Crippen molar-refractivity contribution in [3.63, 3.8) is 0 Å². The number of carboxylic acids is 1. The number of benzene rings is 1. The minimum Gasteiger partial charge on any atom is -0.481 e. The van der Waals surface area contributed by atoms with Gasteiger partial charge in [0.05, 0.1) is 0 Å². The predicted octanol–water partition coefficient (Wildman–Crippen LogP) is 1.47. The van der Waals surface area contributed by atoms with Gasteiger partial charge >= 0.3 is 5.97 Å². The number of carboxylic acid groups (broad SMARTS) is 1. The number of nitrogens with one attached hydrogen (secondary N) is 2. The third kappa shape index (κ3) is 2.28. The van der Waals surface area contributed by atoms with Gasteiger partial charge in [-0.3, -0.25) is 10.2 Å². The topological polar surface area (TPSA) is 103 Å². The molecule has 1 aromatic carbocycles. The van der Waals surface area contributed by atoms with Crippen molar-refractivity contribution in [2.45, 2.75) is 12.8 Å². The number of aromatic amines is 1. The van der Waals surface area contributed by atoms with Crippen LogP contribution in [0.1, 0.15) is 17.5 Å². The number of amidine groups is 1. The van der Waals surface area contributed by atoms with Gasteiger partial charge in [-0.1, -0.05) is 0 Å². The molecule has 0 spiro atoms. The SMILES string of the molecule is N=C(N)c1ccc2[nH]cc(CCC(=O)O)c2c1. The Bertz CT molecular complexity index is 586. The monoisotopic (exact) mass is 231 g/mol. The van der Waals surface area contributed by atoms with Crippen molar-refractivity contribution >= 4 is 22.7 Å². The summed E-state index contributed by atoms with van der Waals surface area (Å²) < 4.78 is 0. The van der Waals surface area contributed by atoms with Crippen LogP contribution in [0, 0.1) is 5.41 Å². The molecule has 0 radical (unpaired) electrons. The van der Waals surface area contributed by atoms with Crippen LogP contribution in [-0.2, 0) is 11.2 Å². The highest BCUT2D eigenvalue weighted by molar-refractivity contribution is 5.99. The Morgan fingerprint density at radius 3 is 2.88 bits per heavy atom. The number of rotatable bonds is 4. The lowest BCUT2D eigenvalue weighted by molar-refractivity contribution is -0.136. The fourth-order valence-corrected chi connectivity index (χ4v) is 1.79. The fourth-order valence-electron chi connectivity index (χ4n) is 1.79. The van der Waals surface area contributed by atoms with Gasteiger partial charge in [0, 0.05) is 29.1 Å². The number of fused-ring (bicyclic) bond motifs is 1. The number of hydrogen-bond acceptors (Lipinski definition) is 2. The number of nitrogens with two attached hydrogens (primary N) is 1. The second-order valence-electron chi connectivity index (χ2n) is 3.88. The molecule has 0 fully saturated rings. The van der Waals surface area contributed by atoms with Crippen molar-refractivity contribution in [2.75, 3.05) is 0 Å². The predicted molar refractivity (Wildman–Crippen MR) is 65.3 cm³/mol. The first-order valence-corrected chi connectivity index (χ1v) is 5.24. The summed E-state index contributed by atoms with van der Waals surface area (Å²) in [6.45, 7) is 0. The van der Waals surface area contributed by atoms with Crippen LogP contribution in [0.3, 0.4) is 0 Å². The van der Waals surface area contributed by atoms with Crippen LogP contribution >= 0.6 is 0 Å². The van der Waals surface area contributed by atoms with Gasteiger partial charge in [-0.05, 0) is 30.2 Å². The smallest absolute Gasteiger partial charge is 0.303 e. The van der Waals surface area contributed by atoms with Gasteiger partial charge in [0.25, 0.3) is 0 Å². The van der Waals surface area contributed by atoms with E-state index in [1.54, 1.807) is 12.3 Å². The lowest BCUT2D eigenvalue weighted by atomic mass is 10.1. The molecular formula is C12H13N3O2. The Hall–Kier alpha value is -2.30. The van der Waals surface area contributed by atoms with E-state index in [4.69, 9.17) is 16.2 Å². The second kappa shape index (κ2) is 4.29. The van der Waals surface area contributed by atoms with Crippen molar-refractivity contribution in [1.82, 2.24) is 4.98 Å². The summed E-state index contributed by atoms with van der Waals surface area (Å²) in [4.78, 5) is 13.6. The number of hydrogen-bond donors (Lipinski definition) is 4. The lowest BCUT2D eigenvalue weighted by Crippen LogP contribution is -2.10. The summed E-state index contributed by atoms with van der Waals surface area (Å²) in [5.74, 6) is -0.806. The van der Waals surface area contributed by atoms with Crippen molar-refractivity contribution in [3.8, 4) is 0 Å². The second-order valence-corrected chi connectivity index (χ2v) is 3.88. The quantitative estimate of drug-likeness (QED) is 0.473. The van der Waals surface area contributed by atoms with E-state index in [1.807, 2.05) is 12.1 Å². The third-order valence-electron chi connectivity index (χ3n) is 2.69. The van der Waals surface area contributed by atoms with Gasteiger partial charge < -0.3 is 15.8 Å². The van der Waals surface area contributed by atoms with Crippen LogP contribution in [0.5, 0.6) is 0 Å². The van der Waals surface area contributed by atoms with E-state index in [0.29, 0.717) is 12.0 Å². The number of aromatic nitrogens is 1. The van der Waals surface area contributed by atoms with Crippen LogP contribution in [0.25, 0.3) is 10.9 Å². The van der Waals surface area contributed by atoms with Crippen LogP contribution in [0.15, 0.2) is 24.4 Å². The first-order chi connectivity index (χ1) is 8.08.